The van der Waals surface area contributed by atoms with Crippen LogP contribution in [0.5, 0.6) is 0 Å². The SMILES string of the molecule is C=CCn1c(=O)c2cnc(Nc3ccc(CCN(C)C)cc3)nc2n1-c1cccc(-c2cnccn2)n1. The van der Waals surface area contributed by atoms with E-state index in [9.17, 15) is 4.79 Å². The fraction of sp³-hybridized carbons (Fsp3) is 0.185. The zero-order chi connectivity index (χ0) is 25.8. The van der Waals surface area contributed by atoms with E-state index in [0.717, 1.165) is 18.7 Å². The summed E-state index contributed by atoms with van der Waals surface area (Å²) in [4.78, 5) is 37.7. The van der Waals surface area contributed by atoms with Crippen molar-refractivity contribution in [2.75, 3.05) is 26.0 Å². The van der Waals surface area contributed by atoms with Crippen LogP contribution in [0.15, 0.2) is 84.7 Å². The second-order valence-electron chi connectivity index (χ2n) is 8.77. The van der Waals surface area contributed by atoms with Crippen LogP contribution in [0, 0.1) is 0 Å². The molecule has 186 valence electrons. The van der Waals surface area contributed by atoms with Crippen LogP contribution in [0.2, 0.25) is 0 Å². The lowest BCUT2D eigenvalue weighted by Gasteiger charge is -2.12. The smallest absolute Gasteiger partial charge is 0.278 e. The molecule has 10 heteroatoms. The largest absolute Gasteiger partial charge is 0.324 e. The maximum Gasteiger partial charge on any atom is 0.278 e. The van der Waals surface area contributed by atoms with E-state index in [0.29, 0.717) is 34.2 Å². The van der Waals surface area contributed by atoms with Crippen LogP contribution in [-0.2, 0) is 13.0 Å². The quantitative estimate of drug-likeness (QED) is 0.311. The van der Waals surface area contributed by atoms with Crippen molar-refractivity contribution in [3.05, 3.63) is 95.8 Å². The second-order valence-corrected chi connectivity index (χ2v) is 8.77. The highest BCUT2D eigenvalue weighted by atomic mass is 16.1. The lowest BCUT2D eigenvalue weighted by atomic mass is 10.1. The van der Waals surface area contributed by atoms with Crippen molar-refractivity contribution >= 4 is 22.7 Å². The first-order valence-electron chi connectivity index (χ1n) is 11.9. The van der Waals surface area contributed by atoms with Gasteiger partial charge in [-0.15, -0.1) is 6.58 Å². The minimum absolute atomic E-state index is 0.224. The van der Waals surface area contributed by atoms with Gasteiger partial charge in [0.25, 0.3) is 5.56 Å². The average molecular weight is 494 g/mol. The van der Waals surface area contributed by atoms with E-state index in [2.05, 4.69) is 58.0 Å². The maximum atomic E-state index is 13.2. The average Bonchev–Trinajstić information content (AvgIpc) is 3.19. The minimum atomic E-state index is -0.224. The summed E-state index contributed by atoms with van der Waals surface area (Å²) < 4.78 is 3.23. The van der Waals surface area contributed by atoms with Gasteiger partial charge in [-0.1, -0.05) is 24.3 Å². The van der Waals surface area contributed by atoms with Gasteiger partial charge in [-0.3, -0.25) is 14.8 Å². The minimum Gasteiger partial charge on any atom is -0.324 e. The third-order valence-electron chi connectivity index (χ3n) is 5.81. The highest BCUT2D eigenvalue weighted by Crippen LogP contribution is 2.21. The number of benzene rings is 1. The van der Waals surface area contributed by atoms with Crippen molar-refractivity contribution in [1.82, 2.24) is 39.2 Å². The van der Waals surface area contributed by atoms with Crippen LogP contribution in [-0.4, -0.2) is 59.8 Å². The summed E-state index contributed by atoms with van der Waals surface area (Å²) in [6, 6.07) is 13.7. The van der Waals surface area contributed by atoms with Crippen molar-refractivity contribution in [2.24, 2.45) is 0 Å². The molecule has 0 bridgehead atoms. The molecule has 0 saturated heterocycles. The number of hydrogen-bond donors (Lipinski definition) is 1. The van der Waals surface area contributed by atoms with Gasteiger partial charge in [0.1, 0.15) is 11.1 Å². The molecule has 37 heavy (non-hydrogen) atoms. The van der Waals surface area contributed by atoms with Gasteiger partial charge in [0.15, 0.2) is 11.5 Å². The molecule has 0 aliphatic rings. The Morgan fingerprint density at radius 2 is 1.84 bits per heavy atom. The topological polar surface area (TPSA) is 107 Å². The lowest BCUT2D eigenvalue weighted by Crippen LogP contribution is -2.22. The third kappa shape index (κ3) is 5.14. The molecule has 0 amide bonds. The van der Waals surface area contributed by atoms with Crippen LogP contribution in [0.25, 0.3) is 28.2 Å². The summed E-state index contributed by atoms with van der Waals surface area (Å²) >= 11 is 0. The number of pyridine rings is 1. The van der Waals surface area contributed by atoms with E-state index in [1.807, 2.05) is 30.3 Å². The van der Waals surface area contributed by atoms with Gasteiger partial charge in [0.2, 0.25) is 5.95 Å². The Kier molecular flexibility index (Phi) is 6.82. The highest BCUT2D eigenvalue weighted by molar-refractivity contribution is 5.77. The summed E-state index contributed by atoms with van der Waals surface area (Å²) in [5.41, 5.74) is 3.58. The van der Waals surface area contributed by atoms with Gasteiger partial charge < -0.3 is 10.2 Å². The summed E-state index contributed by atoms with van der Waals surface area (Å²) in [5, 5.41) is 3.64. The Balaban J connectivity index is 1.54. The maximum absolute atomic E-state index is 13.2. The van der Waals surface area contributed by atoms with Gasteiger partial charge >= 0.3 is 0 Å². The third-order valence-corrected chi connectivity index (χ3v) is 5.81. The van der Waals surface area contributed by atoms with Gasteiger partial charge in [0, 0.05) is 30.8 Å². The number of fused-ring (bicyclic) bond motifs is 1. The Hall–Kier alpha value is -4.70. The van der Waals surface area contributed by atoms with Gasteiger partial charge in [-0.05, 0) is 50.3 Å². The van der Waals surface area contributed by atoms with Gasteiger partial charge in [-0.2, -0.15) is 4.98 Å². The molecule has 5 rings (SSSR count). The summed E-state index contributed by atoms with van der Waals surface area (Å²) in [6.07, 6.45) is 9.04. The molecule has 0 aliphatic carbocycles. The number of nitrogens with one attached hydrogen (secondary N) is 1. The van der Waals surface area contributed by atoms with E-state index in [1.165, 1.54) is 5.56 Å². The normalized spacial score (nSPS) is 11.2. The van der Waals surface area contributed by atoms with Crippen molar-refractivity contribution in [3.63, 3.8) is 0 Å². The first-order valence-corrected chi connectivity index (χ1v) is 11.9. The van der Waals surface area contributed by atoms with E-state index in [4.69, 9.17) is 9.97 Å². The van der Waals surface area contributed by atoms with Crippen molar-refractivity contribution in [1.29, 1.82) is 0 Å². The van der Waals surface area contributed by atoms with Crippen molar-refractivity contribution in [3.8, 4) is 17.2 Å². The molecular formula is C27H27N9O. The zero-order valence-electron chi connectivity index (χ0n) is 20.7. The molecule has 1 N–H and O–H groups in total. The molecule has 4 aromatic heterocycles. The van der Waals surface area contributed by atoms with E-state index >= 15 is 0 Å². The highest BCUT2D eigenvalue weighted by Gasteiger charge is 2.18. The van der Waals surface area contributed by atoms with Crippen LogP contribution >= 0.6 is 0 Å². The first-order chi connectivity index (χ1) is 18.0. The Bertz CT molecular complexity index is 1590. The first kappa shape index (κ1) is 24.0. The van der Waals surface area contributed by atoms with Crippen LogP contribution in [0.3, 0.4) is 0 Å². The predicted molar refractivity (Wildman–Crippen MR) is 144 cm³/mol. The number of anilines is 2. The molecule has 10 nitrogen and oxygen atoms in total. The van der Waals surface area contributed by atoms with E-state index in [1.54, 1.807) is 40.2 Å². The van der Waals surface area contributed by atoms with Crippen molar-refractivity contribution < 1.29 is 0 Å². The summed E-state index contributed by atoms with van der Waals surface area (Å²) in [5.74, 6) is 0.898. The molecule has 0 radical (unpaired) electrons. The fourth-order valence-electron chi connectivity index (χ4n) is 3.96. The number of aromatic nitrogens is 7. The molecular weight excluding hydrogens is 466 g/mol. The number of rotatable bonds is 9. The molecule has 0 aliphatic heterocycles. The molecule has 4 heterocycles. The molecule has 0 unspecified atom stereocenters. The molecule has 0 fully saturated rings. The van der Waals surface area contributed by atoms with Crippen LogP contribution < -0.4 is 10.9 Å². The van der Waals surface area contributed by atoms with Crippen molar-refractivity contribution in [2.45, 2.75) is 13.0 Å². The number of nitrogens with zero attached hydrogens (tertiary/aromatic N) is 8. The number of allylic oxidation sites excluding steroid dienone is 1. The Morgan fingerprint density at radius 3 is 2.57 bits per heavy atom. The molecule has 1 aromatic carbocycles. The zero-order valence-corrected chi connectivity index (χ0v) is 20.7. The Morgan fingerprint density at radius 1 is 1.00 bits per heavy atom. The summed E-state index contributed by atoms with van der Waals surface area (Å²) in [6.45, 7) is 5.07. The fourth-order valence-corrected chi connectivity index (χ4v) is 3.96. The van der Waals surface area contributed by atoms with Crippen LogP contribution in [0.1, 0.15) is 5.56 Å². The standard InChI is InChI=1S/C27H27N9O/c1-4-15-35-26(37)21-17-30-27(31-20-10-8-19(9-11-20)12-16-34(2)3)33-25(21)36(35)24-7-5-6-22(32-24)23-18-28-13-14-29-23/h4-11,13-14,17-18H,1,12,15-16H2,2-3H3,(H,30,31,33). The molecule has 0 spiro atoms. The number of likely N-dealkylation sites (N-methyl/N-ethyl adjacent to an activating group) is 1. The van der Waals surface area contributed by atoms with E-state index in [-0.39, 0.29) is 12.1 Å². The molecule has 5 aromatic rings. The molecule has 0 saturated carbocycles. The van der Waals surface area contributed by atoms with Crippen LogP contribution in [0.4, 0.5) is 11.6 Å². The van der Waals surface area contributed by atoms with E-state index < -0.39 is 0 Å². The Labute approximate surface area is 214 Å². The molecule has 0 atom stereocenters. The predicted octanol–water partition coefficient (Wildman–Crippen LogP) is 3.47. The second kappa shape index (κ2) is 10.5. The monoisotopic (exact) mass is 493 g/mol. The van der Waals surface area contributed by atoms with Gasteiger partial charge in [0.05, 0.1) is 18.4 Å². The van der Waals surface area contributed by atoms with Gasteiger partial charge in [-0.25, -0.2) is 19.3 Å². The lowest BCUT2D eigenvalue weighted by molar-refractivity contribution is 0.413. The summed E-state index contributed by atoms with van der Waals surface area (Å²) in [7, 11) is 4.12. The number of hydrogen-bond acceptors (Lipinski definition) is 8.